The molecule has 1 N–H and O–H groups in total. The van der Waals surface area contributed by atoms with E-state index in [4.69, 9.17) is 0 Å². The predicted molar refractivity (Wildman–Crippen MR) is 99.8 cm³/mol. The Kier molecular flexibility index (Phi) is 4.35. The van der Waals surface area contributed by atoms with Crippen molar-refractivity contribution in [3.05, 3.63) is 71.0 Å². The maximum absolute atomic E-state index is 12.8. The molecule has 0 unspecified atom stereocenters. The summed E-state index contributed by atoms with van der Waals surface area (Å²) in [5.74, 6) is -0.712. The van der Waals surface area contributed by atoms with Crippen LogP contribution >= 0.6 is 11.3 Å². The van der Waals surface area contributed by atoms with Gasteiger partial charge in [0, 0.05) is 35.7 Å². The molecule has 0 fully saturated rings. The van der Waals surface area contributed by atoms with Crippen LogP contribution in [0.4, 0.5) is 5.13 Å². The lowest BCUT2D eigenvalue weighted by atomic mass is 10.0. The summed E-state index contributed by atoms with van der Waals surface area (Å²) in [6, 6.07) is 3.10. The van der Waals surface area contributed by atoms with E-state index in [1.54, 1.807) is 6.07 Å². The summed E-state index contributed by atoms with van der Waals surface area (Å²) in [6.07, 6.45) is 7.20. The molecule has 8 nitrogen and oxygen atoms in total. The van der Waals surface area contributed by atoms with Crippen molar-refractivity contribution in [3.63, 3.8) is 0 Å². The molecule has 9 heteroatoms. The Morgan fingerprint density at radius 3 is 2.56 bits per heavy atom. The Morgan fingerprint density at radius 1 is 1.04 bits per heavy atom. The smallest absolute Gasteiger partial charge is 0.259 e. The Hall–Kier alpha value is -3.59. The lowest BCUT2D eigenvalue weighted by Gasteiger charge is -2.08. The van der Waals surface area contributed by atoms with Gasteiger partial charge in [0.25, 0.3) is 5.91 Å². The molecule has 1 aromatic carbocycles. The topological polar surface area (TPSA) is 111 Å². The minimum absolute atomic E-state index is 0.244. The van der Waals surface area contributed by atoms with Gasteiger partial charge in [-0.15, -0.1) is 11.3 Å². The first-order valence-corrected chi connectivity index (χ1v) is 8.78. The highest BCUT2D eigenvalue weighted by molar-refractivity contribution is 7.13. The number of nitrogens with zero attached hydrogens (tertiary/aromatic N) is 5. The van der Waals surface area contributed by atoms with Crippen molar-refractivity contribution >= 4 is 39.2 Å². The van der Waals surface area contributed by atoms with Crippen LogP contribution in [0.15, 0.2) is 48.6 Å². The minimum Gasteiger partial charge on any atom is -0.298 e. The van der Waals surface area contributed by atoms with Crippen molar-refractivity contribution < 1.29 is 9.59 Å². The van der Waals surface area contributed by atoms with E-state index < -0.39 is 5.91 Å². The van der Waals surface area contributed by atoms with Gasteiger partial charge in [-0.05, 0) is 19.1 Å². The summed E-state index contributed by atoms with van der Waals surface area (Å²) >= 11 is 1.32. The number of rotatable bonds is 4. The van der Waals surface area contributed by atoms with Crippen LogP contribution in [0, 0.1) is 6.92 Å². The van der Waals surface area contributed by atoms with Gasteiger partial charge in [-0.2, -0.15) is 0 Å². The molecule has 0 saturated carbocycles. The highest BCUT2D eigenvalue weighted by Crippen LogP contribution is 2.22. The van der Waals surface area contributed by atoms with Crippen LogP contribution in [0.3, 0.4) is 0 Å². The van der Waals surface area contributed by atoms with Crippen LogP contribution in [0.1, 0.15) is 32.0 Å². The van der Waals surface area contributed by atoms with E-state index in [1.165, 1.54) is 48.5 Å². The SMILES string of the molecule is Cc1csc(NC(=O)c2cc(C(=O)c3cncnc3)cc3nccnc23)n1. The second-order valence-corrected chi connectivity index (χ2v) is 6.51. The Balaban J connectivity index is 1.79. The van der Waals surface area contributed by atoms with Gasteiger partial charge in [-0.25, -0.2) is 15.0 Å². The fourth-order valence-corrected chi connectivity index (χ4v) is 3.22. The van der Waals surface area contributed by atoms with Crippen molar-refractivity contribution in [2.45, 2.75) is 6.92 Å². The van der Waals surface area contributed by atoms with Crippen molar-refractivity contribution in [2.75, 3.05) is 5.32 Å². The lowest BCUT2D eigenvalue weighted by Crippen LogP contribution is -2.14. The zero-order chi connectivity index (χ0) is 18.8. The summed E-state index contributed by atoms with van der Waals surface area (Å²) in [5, 5.41) is 5.05. The summed E-state index contributed by atoms with van der Waals surface area (Å²) in [7, 11) is 0. The fraction of sp³-hybridized carbons (Fsp3) is 0.0556. The molecular weight excluding hydrogens is 364 g/mol. The summed E-state index contributed by atoms with van der Waals surface area (Å²) in [5.41, 5.74) is 2.53. The van der Waals surface area contributed by atoms with E-state index in [0.717, 1.165) is 5.69 Å². The number of nitrogens with one attached hydrogen (secondary N) is 1. The number of hydrogen-bond donors (Lipinski definition) is 1. The highest BCUT2D eigenvalue weighted by atomic mass is 32.1. The number of anilines is 1. The second kappa shape index (κ2) is 6.96. The monoisotopic (exact) mass is 376 g/mol. The highest BCUT2D eigenvalue weighted by Gasteiger charge is 2.19. The zero-order valence-corrected chi connectivity index (χ0v) is 14.9. The van der Waals surface area contributed by atoms with E-state index in [2.05, 4.69) is 30.2 Å². The van der Waals surface area contributed by atoms with Crippen LogP contribution in [0.25, 0.3) is 11.0 Å². The van der Waals surface area contributed by atoms with E-state index in [0.29, 0.717) is 27.3 Å². The quantitative estimate of drug-likeness (QED) is 0.545. The van der Waals surface area contributed by atoms with Gasteiger partial charge in [0.15, 0.2) is 10.9 Å². The van der Waals surface area contributed by atoms with E-state index >= 15 is 0 Å². The van der Waals surface area contributed by atoms with Gasteiger partial charge in [-0.1, -0.05) is 0 Å². The van der Waals surface area contributed by atoms with Crippen molar-refractivity contribution in [3.8, 4) is 0 Å². The number of carbonyl (C=O) groups excluding carboxylic acids is 2. The number of fused-ring (bicyclic) bond motifs is 1. The van der Waals surface area contributed by atoms with Gasteiger partial charge in [-0.3, -0.25) is 24.9 Å². The largest absolute Gasteiger partial charge is 0.298 e. The molecule has 0 aliphatic heterocycles. The third kappa shape index (κ3) is 3.40. The van der Waals surface area contributed by atoms with Gasteiger partial charge in [0.1, 0.15) is 11.8 Å². The van der Waals surface area contributed by atoms with Crippen molar-refractivity contribution in [1.29, 1.82) is 0 Å². The molecule has 0 aliphatic carbocycles. The predicted octanol–water partition coefficient (Wildman–Crippen LogP) is 2.67. The Morgan fingerprint density at radius 2 is 1.81 bits per heavy atom. The number of benzene rings is 1. The third-order valence-corrected chi connectivity index (χ3v) is 4.62. The molecule has 4 rings (SSSR count). The van der Waals surface area contributed by atoms with Gasteiger partial charge in [0.05, 0.1) is 22.3 Å². The molecule has 3 aromatic heterocycles. The lowest BCUT2D eigenvalue weighted by molar-refractivity contribution is 0.102. The van der Waals surface area contributed by atoms with Crippen molar-refractivity contribution in [2.24, 2.45) is 0 Å². The number of aromatic nitrogens is 5. The van der Waals surface area contributed by atoms with E-state index in [-0.39, 0.29) is 11.3 Å². The van der Waals surface area contributed by atoms with E-state index in [9.17, 15) is 9.59 Å². The molecule has 132 valence electrons. The molecule has 0 bridgehead atoms. The van der Waals surface area contributed by atoms with Gasteiger partial charge >= 0.3 is 0 Å². The molecule has 0 aliphatic rings. The average molecular weight is 376 g/mol. The number of thiazole rings is 1. The van der Waals surface area contributed by atoms with Crippen LogP contribution in [-0.2, 0) is 0 Å². The summed E-state index contributed by atoms with van der Waals surface area (Å²) in [4.78, 5) is 46.0. The van der Waals surface area contributed by atoms with Crippen LogP contribution in [-0.4, -0.2) is 36.6 Å². The molecule has 0 spiro atoms. The minimum atomic E-state index is -0.409. The fourth-order valence-electron chi connectivity index (χ4n) is 2.54. The molecule has 27 heavy (non-hydrogen) atoms. The standard InChI is InChI=1S/C18H12N6O2S/c1-10-8-27-18(23-10)24-17(26)13-4-11(5-14-15(13)22-3-2-21-14)16(25)12-6-19-9-20-7-12/h2-9H,1H3,(H,23,24,26). The average Bonchev–Trinajstić information content (AvgIpc) is 3.11. The molecule has 3 heterocycles. The second-order valence-electron chi connectivity index (χ2n) is 5.65. The number of hydrogen-bond acceptors (Lipinski definition) is 8. The molecule has 0 radical (unpaired) electrons. The van der Waals surface area contributed by atoms with Crippen molar-refractivity contribution in [1.82, 2.24) is 24.9 Å². The van der Waals surface area contributed by atoms with Gasteiger partial charge < -0.3 is 0 Å². The number of aryl methyl sites for hydroxylation is 1. The zero-order valence-electron chi connectivity index (χ0n) is 14.1. The van der Waals surface area contributed by atoms with Crippen LogP contribution < -0.4 is 5.32 Å². The Labute approximate surface area is 157 Å². The molecule has 0 saturated heterocycles. The number of amides is 1. The van der Waals surface area contributed by atoms with Crippen LogP contribution in [0.5, 0.6) is 0 Å². The summed E-state index contributed by atoms with van der Waals surface area (Å²) in [6.45, 7) is 1.84. The molecule has 1 amide bonds. The first-order valence-electron chi connectivity index (χ1n) is 7.90. The first kappa shape index (κ1) is 16.9. The van der Waals surface area contributed by atoms with Gasteiger partial charge in [0.2, 0.25) is 0 Å². The molecule has 4 aromatic rings. The molecule has 0 atom stereocenters. The number of ketones is 1. The Bertz CT molecular complexity index is 1160. The number of carbonyl (C=O) groups is 2. The molecular formula is C18H12N6O2S. The van der Waals surface area contributed by atoms with E-state index in [1.807, 2.05) is 12.3 Å². The maximum atomic E-state index is 12.8. The first-order chi connectivity index (χ1) is 13.1. The van der Waals surface area contributed by atoms with Crippen LogP contribution in [0.2, 0.25) is 0 Å². The summed E-state index contributed by atoms with van der Waals surface area (Å²) < 4.78 is 0. The normalized spacial score (nSPS) is 10.7. The third-order valence-electron chi connectivity index (χ3n) is 3.74. The maximum Gasteiger partial charge on any atom is 0.259 e.